The van der Waals surface area contributed by atoms with Crippen molar-refractivity contribution >= 4 is 56.5 Å². The Morgan fingerprint density at radius 3 is 2.55 bits per heavy atom. The second-order valence-electron chi connectivity index (χ2n) is 6.03. The number of ether oxygens (including phenoxy) is 1. The van der Waals surface area contributed by atoms with Gasteiger partial charge < -0.3 is 15.8 Å². The molecule has 0 amide bonds. The number of nitrogens with one attached hydrogen (secondary N) is 1. The van der Waals surface area contributed by atoms with Crippen LogP contribution in [0.4, 0.5) is 17.2 Å². The van der Waals surface area contributed by atoms with E-state index >= 15 is 0 Å². The highest BCUT2D eigenvalue weighted by Crippen LogP contribution is 2.37. The van der Waals surface area contributed by atoms with Crippen molar-refractivity contribution in [1.82, 2.24) is 9.97 Å². The number of hydrogen-bond acceptors (Lipinski definition) is 8. The molecule has 0 aliphatic heterocycles. The standard InChI is InChI=1S/C21H18N4O2S2/c1-2-27-21(26)18-17(22)16-19(23-12-24-20(16)29-18)25-13-8-10-15(11-9-13)28-14-6-4-3-5-7-14/h3-12H,2,22H2,1H3,(H,23,24,25). The number of anilines is 3. The van der Waals surface area contributed by atoms with Crippen molar-refractivity contribution in [2.24, 2.45) is 0 Å². The van der Waals surface area contributed by atoms with Crippen LogP contribution in [0.3, 0.4) is 0 Å². The maximum atomic E-state index is 12.1. The zero-order valence-electron chi connectivity index (χ0n) is 15.6. The van der Waals surface area contributed by atoms with E-state index in [1.54, 1.807) is 18.7 Å². The zero-order chi connectivity index (χ0) is 20.2. The molecule has 2 aromatic carbocycles. The van der Waals surface area contributed by atoms with Gasteiger partial charge in [-0.15, -0.1) is 11.3 Å². The number of aromatic nitrogens is 2. The summed E-state index contributed by atoms with van der Waals surface area (Å²) in [5, 5.41) is 3.91. The fourth-order valence-corrected chi connectivity index (χ4v) is 4.56. The highest BCUT2D eigenvalue weighted by Gasteiger charge is 2.21. The molecule has 0 unspecified atom stereocenters. The molecule has 4 aromatic rings. The van der Waals surface area contributed by atoms with Crippen molar-refractivity contribution in [2.45, 2.75) is 16.7 Å². The van der Waals surface area contributed by atoms with Crippen LogP contribution in [0.1, 0.15) is 16.6 Å². The molecule has 0 bridgehead atoms. The first kappa shape index (κ1) is 19.2. The van der Waals surface area contributed by atoms with Crippen LogP contribution in [0, 0.1) is 0 Å². The number of nitrogen functional groups attached to an aromatic ring is 1. The lowest BCUT2D eigenvalue weighted by Crippen LogP contribution is -2.05. The Labute approximate surface area is 176 Å². The summed E-state index contributed by atoms with van der Waals surface area (Å²) in [6.45, 7) is 2.05. The number of rotatable bonds is 6. The first-order valence-corrected chi connectivity index (χ1v) is 10.6. The molecule has 0 fully saturated rings. The molecule has 4 rings (SSSR count). The van der Waals surface area contributed by atoms with E-state index in [4.69, 9.17) is 10.5 Å². The number of carbonyl (C=O) groups excluding carboxylic acids is 1. The fraction of sp³-hybridized carbons (Fsp3) is 0.0952. The van der Waals surface area contributed by atoms with Gasteiger partial charge in [0, 0.05) is 15.5 Å². The van der Waals surface area contributed by atoms with Crippen molar-refractivity contribution in [3.63, 3.8) is 0 Å². The molecule has 0 atom stereocenters. The van der Waals surface area contributed by atoms with Crippen LogP contribution in [0.15, 0.2) is 70.7 Å². The van der Waals surface area contributed by atoms with Gasteiger partial charge >= 0.3 is 5.97 Å². The molecule has 0 aliphatic rings. The van der Waals surface area contributed by atoms with E-state index in [0.29, 0.717) is 26.6 Å². The normalized spacial score (nSPS) is 10.8. The van der Waals surface area contributed by atoms with Gasteiger partial charge in [0.1, 0.15) is 21.9 Å². The second kappa shape index (κ2) is 8.50. The summed E-state index contributed by atoms with van der Waals surface area (Å²) < 4.78 is 5.08. The van der Waals surface area contributed by atoms with Gasteiger partial charge in [0.15, 0.2) is 0 Å². The maximum absolute atomic E-state index is 12.1. The Balaban J connectivity index is 1.58. The van der Waals surface area contributed by atoms with Crippen LogP contribution in [-0.4, -0.2) is 22.5 Å². The van der Waals surface area contributed by atoms with Crippen LogP contribution in [0.5, 0.6) is 0 Å². The summed E-state index contributed by atoms with van der Waals surface area (Å²) in [5.41, 5.74) is 7.42. The largest absolute Gasteiger partial charge is 0.462 e. The average Bonchev–Trinajstić information content (AvgIpc) is 3.08. The van der Waals surface area contributed by atoms with Gasteiger partial charge in [0.25, 0.3) is 0 Å². The lowest BCUT2D eigenvalue weighted by Gasteiger charge is -2.08. The van der Waals surface area contributed by atoms with E-state index in [1.807, 2.05) is 42.5 Å². The number of nitrogens with zero attached hydrogens (tertiary/aromatic N) is 2. The highest BCUT2D eigenvalue weighted by atomic mass is 32.2. The first-order valence-electron chi connectivity index (χ1n) is 8.95. The van der Waals surface area contributed by atoms with Crippen molar-refractivity contribution in [2.75, 3.05) is 17.7 Å². The Kier molecular flexibility index (Phi) is 5.64. The maximum Gasteiger partial charge on any atom is 0.350 e. The fourth-order valence-electron chi connectivity index (χ4n) is 2.77. The number of fused-ring (bicyclic) bond motifs is 1. The van der Waals surface area contributed by atoms with E-state index in [9.17, 15) is 4.79 Å². The Morgan fingerprint density at radius 2 is 1.83 bits per heavy atom. The molecule has 0 spiro atoms. The molecule has 0 saturated heterocycles. The number of hydrogen-bond donors (Lipinski definition) is 2. The summed E-state index contributed by atoms with van der Waals surface area (Å²) in [4.78, 5) is 24.0. The monoisotopic (exact) mass is 422 g/mol. The molecule has 29 heavy (non-hydrogen) atoms. The van der Waals surface area contributed by atoms with Crippen molar-refractivity contribution in [3.8, 4) is 0 Å². The molecule has 0 radical (unpaired) electrons. The minimum atomic E-state index is -0.443. The number of esters is 1. The third-order valence-electron chi connectivity index (χ3n) is 4.08. The number of carbonyl (C=O) groups is 1. The van der Waals surface area contributed by atoms with E-state index < -0.39 is 5.97 Å². The molecule has 6 nitrogen and oxygen atoms in total. The van der Waals surface area contributed by atoms with E-state index in [0.717, 1.165) is 10.6 Å². The molecule has 2 aromatic heterocycles. The average molecular weight is 423 g/mol. The topological polar surface area (TPSA) is 90.1 Å². The van der Waals surface area contributed by atoms with Crippen LogP contribution in [0.25, 0.3) is 10.2 Å². The first-order chi connectivity index (χ1) is 14.2. The van der Waals surface area contributed by atoms with Crippen LogP contribution >= 0.6 is 23.1 Å². The minimum absolute atomic E-state index is 0.288. The Morgan fingerprint density at radius 1 is 1.10 bits per heavy atom. The van der Waals surface area contributed by atoms with Crippen LogP contribution in [0.2, 0.25) is 0 Å². The predicted octanol–water partition coefficient (Wildman–Crippen LogP) is 5.35. The van der Waals surface area contributed by atoms with Crippen molar-refractivity contribution in [3.05, 3.63) is 65.8 Å². The third kappa shape index (κ3) is 4.18. The quantitative estimate of drug-likeness (QED) is 0.405. The van der Waals surface area contributed by atoms with E-state index in [2.05, 4.69) is 27.4 Å². The molecular weight excluding hydrogens is 404 g/mol. The Bertz CT molecular complexity index is 1140. The van der Waals surface area contributed by atoms with Gasteiger partial charge in [-0.2, -0.15) is 0 Å². The predicted molar refractivity (Wildman–Crippen MR) is 118 cm³/mol. The van der Waals surface area contributed by atoms with Gasteiger partial charge in [-0.3, -0.25) is 0 Å². The number of thiophene rings is 1. The Hall–Kier alpha value is -3.10. The zero-order valence-corrected chi connectivity index (χ0v) is 17.2. The summed E-state index contributed by atoms with van der Waals surface area (Å²) in [6, 6.07) is 18.2. The van der Waals surface area contributed by atoms with Gasteiger partial charge in [-0.05, 0) is 43.3 Å². The van der Waals surface area contributed by atoms with Crippen molar-refractivity contribution < 1.29 is 9.53 Å². The van der Waals surface area contributed by atoms with Gasteiger partial charge in [-0.25, -0.2) is 14.8 Å². The van der Waals surface area contributed by atoms with Crippen LogP contribution < -0.4 is 11.1 Å². The number of nitrogens with two attached hydrogens (primary N) is 1. The summed E-state index contributed by atoms with van der Waals surface area (Å²) in [7, 11) is 0. The molecule has 0 saturated carbocycles. The molecule has 0 aliphatic carbocycles. The van der Waals surface area contributed by atoms with Gasteiger partial charge in [0.05, 0.1) is 17.7 Å². The summed E-state index contributed by atoms with van der Waals surface area (Å²) in [5.74, 6) is 0.115. The van der Waals surface area contributed by atoms with E-state index in [-0.39, 0.29) is 6.61 Å². The van der Waals surface area contributed by atoms with E-state index in [1.165, 1.54) is 22.6 Å². The third-order valence-corrected chi connectivity index (χ3v) is 6.19. The number of benzene rings is 2. The van der Waals surface area contributed by atoms with Gasteiger partial charge in [0.2, 0.25) is 0 Å². The SMILES string of the molecule is CCOC(=O)c1sc2ncnc(Nc3ccc(Sc4ccccc4)cc3)c2c1N. The highest BCUT2D eigenvalue weighted by molar-refractivity contribution is 7.99. The van der Waals surface area contributed by atoms with Gasteiger partial charge in [-0.1, -0.05) is 30.0 Å². The molecule has 8 heteroatoms. The smallest absolute Gasteiger partial charge is 0.350 e. The summed E-state index contributed by atoms with van der Waals surface area (Å²) >= 11 is 2.90. The van der Waals surface area contributed by atoms with Crippen LogP contribution in [-0.2, 0) is 4.74 Å². The molecule has 146 valence electrons. The molecular formula is C21H18N4O2S2. The minimum Gasteiger partial charge on any atom is -0.462 e. The molecule has 2 heterocycles. The lowest BCUT2D eigenvalue weighted by atomic mass is 10.2. The summed E-state index contributed by atoms with van der Waals surface area (Å²) in [6.07, 6.45) is 1.45. The second-order valence-corrected chi connectivity index (χ2v) is 8.18. The lowest BCUT2D eigenvalue weighted by molar-refractivity contribution is 0.0533. The molecule has 3 N–H and O–H groups in total. The van der Waals surface area contributed by atoms with Crippen molar-refractivity contribution in [1.29, 1.82) is 0 Å².